The van der Waals surface area contributed by atoms with Crippen LogP contribution in [0.3, 0.4) is 0 Å². The summed E-state index contributed by atoms with van der Waals surface area (Å²) in [5.74, 6) is 0.427. The summed E-state index contributed by atoms with van der Waals surface area (Å²) in [5, 5.41) is 11.3. The van der Waals surface area contributed by atoms with Crippen molar-refractivity contribution in [2.45, 2.75) is 12.8 Å². The first-order valence-corrected chi connectivity index (χ1v) is 3.75. The Morgan fingerprint density at radius 3 is 3.36 bits per heavy atom. The molecule has 1 N–H and O–H groups in total. The van der Waals surface area contributed by atoms with Crippen molar-refractivity contribution in [1.29, 1.82) is 0 Å². The molecule has 1 atom stereocenters. The summed E-state index contributed by atoms with van der Waals surface area (Å²) in [7, 11) is 1.69. The van der Waals surface area contributed by atoms with Crippen molar-refractivity contribution in [3.8, 4) is 0 Å². The van der Waals surface area contributed by atoms with Crippen LogP contribution in [0.1, 0.15) is 12.8 Å². The topological polar surface area (TPSA) is 41.8 Å². The van der Waals surface area contributed by atoms with E-state index in [1.807, 2.05) is 0 Å². The van der Waals surface area contributed by atoms with Crippen LogP contribution in [-0.2, 0) is 4.74 Å². The van der Waals surface area contributed by atoms with Crippen molar-refractivity contribution in [3.63, 3.8) is 0 Å². The first-order chi connectivity index (χ1) is 5.38. The van der Waals surface area contributed by atoms with Gasteiger partial charge in [0.05, 0.1) is 12.8 Å². The van der Waals surface area contributed by atoms with Crippen molar-refractivity contribution in [1.82, 2.24) is 0 Å². The third-order valence-corrected chi connectivity index (χ3v) is 1.94. The molecule has 0 aromatic heterocycles. The number of nitrogens with zero attached hydrogens (tertiary/aromatic N) is 1. The molecule has 3 nitrogen and oxygen atoms in total. The zero-order chi connectivity index (χ0) is 8.10. The summed E-state index contributed by atoms with van der Waals surface area (Å²) in [5.41, 5.74) is 1.09. The van der Waals surface area contributed by atoms with Gasteiger partial charge in [-0.05, 0) is 18.4 Å². The van der Waals surface area contributed by atoms with Gasteiger partial charge >= 0.3 is 0 Å². The molecular formula is C8H13NO2. The molecule has 3 heteroatoms. The van der Waals surface area contributed by atoms with Gasteiger partial charge in [-0.3, -0.25) is 0 Å². The molecule has 0 aromatic carbocycles. The smallest absolute Gasteiger partial charge is 0.0693 e. The Kier molecular flexibility index (Phi) is 3.11. The van der Waals surface area contributed by atoms with Gasteiger partial charge in [0.15, 0.2) is 0 Å². The van der Waals surface area contributed by atoms with Gasteiger partial charge in [0, 0.05) is 13.0 Å². The van der Waals surface area contributed by atoms with Gasteiger partial charge in [0.2, 0.25) is 0 Å². The molecule has 0 saturated carbocycles. The maximum atomic E-state index is 8.30. The highest BCUT2D eigenvalue weighted by Crippen LogP contribution is 2.24. The zero-order valence-electron chi connectivity index (χ0n) is 6.66. The number of oxime groups is 1. The number of hydrogen-bond acceptors (Lipinski definition) is 3. The fourth-order valence-electron chi connectivity index (χ4n) is 1.39. The second kappa shape index (κ2) is 4.13. The van der Waals surface area contributed by atoms with E-state index in [9.17, 15) is 0 Å². The maximum absolute atomic E-state index is 8.30. The molecule has 0 heterocycles. The zero-order valence-corrected chi connectivity index (χ0v) is 6.66. The first-order valence-electron chi connectivity index (χ1n) is 3.75. The molecule has 1 unspecified atom stereocenters. The van der Waals surface area contributed by atoms with Crippen molar-refractivity contribution < 1.29 is 9.94 Å². The standard InChI is InChI=1S/C8H13NO2/c1-11-6-8-4-2-3-7(8)5-9-10/h3,5,8,10H,2,4,6H2,1H3. The summed E-state index contributed by atoms with van der Waals surface area (Å²) < 4.78 is 5.02. The molecule has 1 aliphatic rings. The van der Waals surface area contributed by atoms with Crippen LogP contribution in [0.4, 0.5) is 0 Å². The van der Waals surface area contributed by atoms with Crippen LogP contribution in [0.25, 0.3) is 0 Å². The van der Waals surface area contributed by atoms with Gasteiger partial charge in [-0.1, -0.05) is 11.2 Å². The van der Waals surface area contributed by atoms with Gasteiger partial charge in [0.25, 0.3) is 0 Å². The van der Waals surface area contributed by atoms with E-state index in [1.165, 1.54) is 6.21 Å². The molecule has 0 saturated heterocycles. The van der Waals surface area contributed by atoms with Crippen LogP contribution in [0.5, 0.6) is 0 Å². The van der Waals surface area contributed by atoms with Gasteiger partial charge < -0.3 is 9.94 Å². The van der Waals surface area contributed by atoms with Crippen LogP contribution in [0, 0.1) is 5.92 Å². The van der Waals surface area contributed by atoms with Crippen LogP contribution < -0.4 is 0 Å². The Bertz CT molecular complexity index is 175. The van der Waals surface area contributed by atoms with E-state index >= 15 is 0 Å². The van der Waals surface area contributed by atoms with Crippen molar-refractivity contribution in [3.05, 3.63) is 11.6 Å². The Hall–Kier alpha value is -0.830. The Morgan fingerprint density at radius 1 is 1.91 bits per heavy atom. The Balaban J connectivity index is 2.48. The number of methoxy groups -OCH3 is 1. The summed E-state index contributed by atoms with van der Waals surface area (Å²) in [6, 6.07) is 0. The molecule has 0 radical (unpaired) electrons. The molecule has 1 aliphatic carbocycles. The van der Waals surface area contributed by atoms with Crippen LogP contribution in [0.2, 0.25) is 0 Å². The Labute approximate surface area is 66.4 Å². The van der Waals surface area contributed by atoms with E-state index in [4.69, 9.17) is 9.94 Å². The quantitative estimate of drug-likeness (QED) is 0.380. The Morgan fingerprint density at radius 2 is 2.73 bits per heavy atom. The summed E-state index contributed by atoms with van der Waals surface area (Å²) >= 11 is 0. The molecule has 62 valence electrons. The van der Waals surface area contributed by atoms with E-state index in [-0.39, 0.29) is 0 Å². The third kappa shape index (κ3) is 2.05. The van der Waals surface area contributed by atoms with Gasteiger partial charge in [0.1, 0.15) is 0 Å². The number of rotatable bonds is 3. The van der Waals surface area contributed by atoms with Crippen molar-refractivity contribution >= 4 is 6.21 Å². The highest BCUT2D eigenvalue weighted by Gasteiger charge is 2.17. The maximum Gasteiger partial charge on any atom is 0.0693 e. The predicted molar refractivity (Wildman–Crippen MR) is 43.0 cm³/mol. The molecule has 0 aromatic rings. The number of allylic oxidation sites excluding steroid dienone is 1. The van der Waals surface area contributed by atoms with Crippen LogP contribution in [0.15, 0.2) is 16.8 Å². The van der Waals surface area contributed by atoms with Gasteiger partial charge in [-0.15, -0.1) is 0 Å². The average Bonchev–Trinajstić information content (AvgIpc) is 2.39. The molecule has 0 bridgehead atoms. The van der Waals surface area contributed by atoms with Crippen LogP contribution >= 0.6 is 0 Å². The first kappa shape index (κ1) is 8.27. The lowest BCUT2D eigenvalue weighted by Crippen LogP contribution is -2.07. The van der Waals surface area contributed by atoms with Gasteiger partial charge in [-0.2, -0.15) is 0 Å². The predicted octanol–water partition coefficient (Wildman–Crippen LogP) is 1.43. The van der Waals surface area contributed by atoms with E-state index in [0.29, 0.717) is 5.92 Å². The van der Waals surface area contributed by atoms with E-state index in [1.54, 1.807) is 7.11 Å². The fraction of sp³-hybridized carbons (Fsp3) is 0.625. The minimum atomic E-state index is 0.427. The molecule has 0 amide bonds. The molecule has 0 fully saturated rings. The lowest BCUT2D eigenvalue weighted by molar-refractivity contribution is 0.168. The highest BCUT2D eigenvalue weighted by atomic mass is 16.5. The summed E-state index contributed by atoms with van der Waals surface area (Å²) in [4.78, 5) is 0. The van der Waals surface area contributed by atoms with E-state index < -0.39 is 0 Å². The fourth-order valence-corrected chi connectivity index (χ4v) is 1.39. The van der Waals surface area contributed by atoms with E-state index in [2.05, 4.69) is 11.2 Å². The largest absolute Gasteiger partial charge is 0.411 e. The number of ether oxygens (including phenoxy) is 1. The third-order valence-electron chi connectivity index (χ3n) is 1.94. The lowest BCUT2D eigenvalue weighted by atomic mass is 10.0. The minimum absolute atomic E-state index is 0.427. The van der Waals surface area contributed by atoms with Crippen molar-refractivity contribution in [2.75, 3.05) is 13.7 Å². The van der Waals surface area contributed by atoms with E-state index in [0.717, 1.165) is 25.0 Å². The molecule has 0 spiro atoms. The van der Waals surface area contributed by atoms with Gasteiger partial charge in [-0.25, -0.2) is 0 Å². The molecule has 1 rings (SSSR count). The second-order valence-electron chi connectivity index (χ2n) is 2.68. The normalized spacial score (nSPS) is 24.5. The summed E-state index contributed by atoms with van der Waals surface area (Å²) in [6.07, 6.45) is 5.75. The van der Waals surface area contributed by atoms with Crippen LogP contribution in [-0.4, -0.2) is 25.1 Å². The average molecular weight is 155 g/mol. The SMILES string of the molecule is COCC1CCC=C1C=NO. The molecule has 11 heavy (non-hydrogen) atoms. The molecule has 0 aliphatic heterocycles. The van der Waals surface area contributed by atoms with Crippen molar-refractivity contribution in [2.24, 2.45) is 11.1 Å². The minimum Gasteiger partial charge on any atom is -0.411 e. The molecular weight excluding hydrogens is 142 g/mol. The second-order valence-corrected chi connectivity index (χ2v) is 2.68. The highest BCUT2D eigenvalue weighted by molar-refractivity contribution is 5.79. The lowest BCUT2D eigenvalue weighted by Gasteiger charge is -2.08. The summed E-state index contributed by atoms with van der Waals surface area (Å²) in [6.45, 7) is 0.720. The number of hydrogen-bond donors (Lipinski definition) is 1. The monoisotopic (exact) mass is 155 g/mol.